The van der Waals surface area contributed by atoms with Gasteiger partial charge in [-0.25, -0.2) is 0 Å². The normalized spacial score (nSPS) is 14.2. The molecule has 0 bridgehead atoms. The smallest absolute Gasteiger partial charge is 0.379 e. The fraction of sp³-hybridized carbons (Fsp3) is 0.625. The Bertz CT molecular complexity index is 443. The average Bonchev–Trinajstić information content (AvgIpc) is 2.42. The van der Waals surface area contributed by atoms with E-state index in [4.69, 9.17) is 4.74 Å². The van der Waals surface area contributed by atoms with Crippen LogP contribution in [0.15, 0.2) is 24.3 Å². The first-order valence-corrected chi connectivity index (χ1v) is 7.15. The van der Waals surface area contributed by atoms with Crippen LogP contribution in [0.1, 0.15) is 50.8 Å². The second-order valence-electron chi connectivity index (χ2n) is 5.80. The van der Waals surface area contributed by atoms with E-state index in [1.807, 2.05) is 20.8 Å². The highest BCUT2D eigenvalue weighted by atomic mass is 19.4. The lowest BCUT2D eigenvalue weighted by Crippen LogP contribution is -2.32. The average molecular weight is 303 g/mol. The molecule has 0 aromatic heterocycles. The monoisotopic (exact) mass is 303 g/mol. The van der Waals surface area contributed by atoms with E-state index in [2.05, 4.69) is 5.32 Å². The van der Waals surface area contributed by atoms with Gasteiger partial charge in [-0.1, -0.05) is 19.1 Å². The zero-order valence-electron chi connectivity index (χ0n) is 13.1. The molecule has 21 heavy (non-hydrogen) atoms. The minimum atomic E-state index is -4.32. The number of methoxy groups -OCH3 is 1. The summed E-state index contributed by atoms with van der Waals surface area (Å²) in [4.78, 5) is 0. The molecule has 5 heteroatoms. The highest BCUT2D eigenvalue weighted by molar-refractivity contribution is 5.28. The van der Waals surface area contributed by atoms with Gasteiger partial charge in [0, 0.05) is 13.2 Å². The van der Waals surface area contributed by atoms with Gasteiger partial charge in [-0.3, -0.25) is 0 Å². The van der Waals surface area contributed by atoms with E-state index in [9.17, 15) is 13.2 Å². The highest BCUT2D eigenvalue weighted by Gasteiger charge is 2.31. The first-order valence-electron chi connectivity index (χ1n) is 7.15. The molecule has 1 N–H and O–H groups in total. The Kier molecular flexibility index (Phi) is 6.23. The lowest BCUT2D eigenvalue weighted by Gasteiger charge is -2.30. The van der Waals surface area contributed by atoms with Gasteiger partial charge in [0.1, 0.15) is 0 Å². The topological polar surface area (TPSA) is 21.3 Å². The van der Waals surface area contributed by atoms with Crippen molar-refractivity contribution in [2.45, 2.75) is 51.4 Å². The Balaban J connectivity index is 3.02. The van der Waals surface area contributed by atoms with Crippen LogP contribution in [0.3, 0.4) is 0 Å². The van der Waals surface area contributed by atoms with Gasteiger partial charge in [-0.05, 0) is 50.9 Å². The van der Waals surface area contributed by atoms with Crippen molar-refractivity contribution in [3.63, 3.8) is 0 Å². The van der Waals surface area contributed by atoms with Gasteiger partial charge in [0.2, 0.25) is 0 Å². The molecule has 1 atom stereocenters. The van der Waals surface area contributed by atoms with Crippen molar-refractivity contribution in [2.75, 3.05) is 13.7 Å². The minimum Gasteiger partial charge on any atom is -0.379 e. The van der Waals surface area contributed by atoms with Crippen LogP contribution >= 0.6 is 0 Å². The number of nitrogens with one attached hydrogen (secondary N) is 1. The molecule has 2 nitrogen and oxygen atoms in total. The number of benzene rings is 1. The van der Waals surface area contributed by atoms with Crippen LogP contribution < -0.4 is 5.32 Å². The van der Waals surface area contributed by atoms with Crippen molar-refractivity contribution < 1.29 is 17.9 Å². The Hall–Kier alpha value is -1.07. The largest absolute Gasteiger partial charge is 0.416 e. The van der Waals surface area contributed by atoms with E-state index in [-0.39, 0.29) is 6.04 Å². The van der Waals surface area contributed by atoms with Crippen LogP contribution in [0, 0.1) is 0 Å². The lowest BCUT2D eigenvalue weighted by atomic mass is 9.92. The van der Waals surface area contributed by atoms with Crippen molar-refractivity contribution in [3.8, 4) is 0 Å². The van der Waals surface area contributed by atoms with Gasteiger partial charge in [0.25, 0.3) is 0 Å². The highest BCUT2D eigenvalue weighted by Crippen LogP contribution is 2.32. The number of halogens is 3. The summed E-state index contributed by atoms with van der Waals surface area (Å²) in [5.74, 6) is 0. The Labute approximate surface area is 124 Å². The van der Waals surface area contributed by atoms with E-state index in [1.54, 1.807) is 13.2 Å². The van der Waals surface area contributed by atoms with E-state index in [0.717, 1.165) is 19.0 Å². The number of ether oxygens (including phenoxy) is 1. The first-order chi connectivity index (χ1) is 9.69. The maximum absolute atomic E-state index is 12.8. The maximum Gasteiger partial charge on any atom is 0.416 e. The fourth-order valence-corrected chi connectivity index (χ4v) is 2.13. The van der Waals surface area contributed by atoms with Gasteiger partial charge in [-0.2, -0.15) is 13.2 Å². The molecule has 1 aromatic rings. The molecule has 0 aliphatic carbocycles. The Morgan fingerprint density at radius 1 is 1.24 bits per heavy atom. The predicted octanol–water partition coefficient (Wildman–Crippen LogP) is 4.56. The maximum atomic E-state index is 12.8. The molecular formula is C16H24F3NO. The van der Waals surface area contributed by atoms with Crippen molar-refractivity contribution in [2.24, 2.45) is 0 Å². The molecule has 0 saturated carbocycles. The van der Waals surface area contributed by atoms with Crippen molar-refractivity contribution in [1.29, 1.82) is 0 Å². The molecule has 1 rings (SSSR count). The summed E-state index contributed by atoms with van der Waals surface area (Å²) in [6, 6.07) is 5.34. The zero-order valence-corrected chi connectivity index (χ0v) is 13.1. The van der Waals surface area contributed by atoms with Crippen LogP contribution in [-0.4, -0.2) is 19.3 Å². The quantitative estimate of drug-likeness (QED) is 0.797. The predicted molar refractivity (Wildman–Crippen MR) is 78.2 cm³/mol. The molecule has 0 radical (unpaired) electrons. The second-order valence-corrected chi connectivity index (χ2v) is 5.80. The summed E-state index contributed by atoms with van der Waals surface area (Å²) in [7, 11) is 1.61. The molecular weight excluding hydrogens is 279 g/mol. The summed E-state index contributed by atoms with van der Waals surface area (Å²) < 4.78 is 43.9. The van der Waals surface area contributed by atoms with Gasteiger partial charge >= 0.3 is 6.18 Å². The summed E-state index contributed by atoms with van der Waals surface area (Å²) in [5.41, 5.74) is -0.374. The molecule has 1 unspecified atom stereocenters. The molecule has 120 valence electrons. The summed E-state index contributed by atoms with van der Waals surface area (Å²) in [5, 5.41) is 3.31. The van der Waals surface area contributed by atoms with Crippen LogP contribution in [0.2, 0.25) is 0 Å². The Morgan fingerprint density at radius 3 is 2.43 bits per heavy atom. The zero-order chi connectivity index (χ0) is 16.1. The van der Waals surface area contributed by atoms with Crippen molar-refractivity contribution >= 4 is 0 Å². The molecule has 0 aliphatic heterocycles. The molecule has 1 aromatic carbocycles. The van der Waals surface area contributed by atoms with Crippen LogP contribution in [0.5, 0.6) is 0 Å². The van der Waals surface area contributed by atoms with E-state index < -0.39 is 17.3 Å². The SMILES string of the molecule is CCCNC(CC(C)(C)OC)c1cccc(C(F)(F)F)c1. The fourth-order valence-electron chi connectivity index (χ4n) is 2.13. The van der Waals surface area contributed by atoms with E-state index >= 15 is 0 Å². The first kappa shape index (κ1) is 18.0. The van der Waals surface area contributed by atoms with E-state index in [1.165, 1.54) is 12.1 Å². The number of alkyl halides is 3. The van der Waals surface area contributed by atoms with Crippen LogP contribution in [0.25, 0.3) is 0 Å². The summed E-state index contributed by atoms with van der Waals surface area (Å²) in [6.07, 6.45) is -2.80. The minimum absolute atomic E-state index is 0.165. The van der Waals surface area contributed by atoms with Gasteiger partial charge in [-0.15, -0.1) is 0 Å². The third kappa shape index (κ3) is 5.67. The Morgan fingerprint density at radius 2 is 1.90 bits per heavy atom. The van der Waals surface area contributed by atoms with Crippen molar-refractivity contribution in [1.82, 2.24) is 5.32 Å². The van der Waals surface area contributed by atoms with Gasteiger partial charge in [0.15, 0.2) is 0 Å². The number of hydrogen-bond donors (Lipinski definition) is 1. The van der Waals surface area contributed by atoms with Crippen LogP contribution in [0.4, 0.5) is 13.2 Å². The lowest BCUT2D eigenvalue weighted by molar-refractivity contribution is -0.137. The molecule has 0 aliphatic rings. The second kappa shape index (κ2) is 7.27. The van der Waals surface area contributed by atoms with Crippen LogP contribution in [-0.2, 0) is 10.9 Å². The van der Waals surface area contributed by atoms with Gasteiger partial charge < -0.3 is 10.1 Å². The summed E-state index contributed by atoms with van der Waals surface area (Å²) >= 11 is 0. The molecule has 0 heterocycles. The third-order valence-electron chi connectivity index (χ3n) is 3.51. The van der Waals surface area contributed by atoms with E-state index in [0.29, 0.717) is 12.0 Å². The van der Waals surface area contributed by atoms with Crippen molar-refractivity contribution in [3.05, 3.63) is 35.4 Å². The van der Waals surface area contributed by atoms with Gasteiger partial charge in [0.05, 0.1) is 11.2 Å². The standard InChI is InChI=1S/C16H24F3NO/c1-5-9-20-14(11-15(2,3)21-4)12-7-6-8-13(10-12)16(17,18)19/h6-8,10,14,20H,5,9,11H2,1-4H3. The molecule has 0 saturated heterocycles. The number of rotatable bonds is 7. The molecule has 0 amide bonds. The third-order valence-corrected chi connectivity index (χ3v) is 3.51. The summed E-state index contributed by atoms with van der Waals surface area (Å²) in [6.45, 7) is 6.64. The number of hydrogen-bond acceptors (Lipinski definition) is 2. The molecule has 0 fully saturated rings. The molecule has 0 spiro atoms.